The van der Waals surface area contributed by atoms with E-state index in [2.05, 4.69) is 5.32 Å². The third-order valence-electron chi connectivity index (χ3n) is 4.74. The zero-order valence-electron chi connectivity index (χ0n) is 11.9. The first kappa shape index (κ1) is 13.2. The van der Waals surface area contributed by atoms with Crippen molar-refractivity contribution in [3.8, 4) is 0 Å². The van der Waals surface area contributed by atoms with Gasteiger partial charge in [-0.1, -0.05) is 0 Å². The highest BCUT2D eigenvalue weighted by Gasteiger charge is 2.56. The first-order valence-electron chi connectivity index (χ1n) is 7.19. The molecule has 19 heavy (non-hydrogen) atoms. The Balaban J connectivity index is 1.66. The van der Waals surface area contributed by atoms with Crippen LogP contribution in [0.5, 0.6) is 0 Å². The van der Waals surface area contributed by atoms with Gasteiger partial charge < -0.3 is 15.0 Å². The molecule has 3 aliphatic rings. The van der Waals surface area contributed by atoms with Gasteiger partial charge in [-0.3, -0.25) is 0 Å². The Labute approximate surface area is 113 Å². The molecule has 1 saturated carbocycles. The average Bonchev–Trinajstić information content (AvgIpc) is 2.94. The van der Waals surface area contributed by atoms with Crippen LogP contribution in [0.2, 0.25) is 0 Å². The largest absolute Gasteiger partial charge is 0.444 e. The highest BCUT2D eigenvalue weighted by atomic mass is 19.1. The van der Waals surface area contributed by atoms with Crippen LogP contribution in [-0.2, 0) is 4.74 Å². The van der Waals surface area contributed by atoms with Crippen LogP contribution in [0.1, 0.15) is 20.8 Å². The molecule has 3 rings (SSSR count). The molecule has 2 heterocycles. The van der Waals surface area contributed by atoms with Crippen molar-refractivity contribution in [2.24, 2.45) is 23.7 Å². The first-order chi connectivity index (χ1) is 8.87. The van der Waals surface area contributed by atoms with Gasteiger partial charge in [0, 0.05) is 31.5 Å². The molecule has 3 fully saturated rings. The van der Waals surface area contributed by atoms with Gasteiger partial charge in [0.25, 0.3) is 0 Å². The number of hydrogen-bond donors (Lipinski definition) is 1. The van der Waals surface area contributed by atoms with E-state index in [4.69, 9.17) is 4.74 Å². The first-order valence-corrected chi connectivity index (χ1v) is 7.19. The molecule has 0 spiro atoms. The van der Waals surface area contributed by atoms with Crippen LogP contribution >= 0.6 is 0 Å². The number of carbonyl (C=O) groups is 1. The van der Waals surface area contributed by atoms with Gasteiger partial charge in [0.1, 0.15) is 11.8 Å². The van der Waals surface area contributed by atoms with E-state index in [-0.39, 0.29) is 17.9 Å². The van der Waals surface area contributed by atoms with Gasteiger partial charge in [-0.15, -0.1) is 0 Å². The molecule has 2 aliphatic heterocycles. The Hall–Kier alpha value is -0.840. The van der Waals surface area contributed by atoms with Crippen molar-refractivity contribution in [1.82, 2.24) is 10.2 Å². The second kappa shape index (κ2) is 4.33. The Morgan fingerprint density at radius 1 is 1.16 bits per heavy atom. The Morgan fingerprint density at radius 2 is 1.79 bits per heavy atom. The maximum Gasteiger partial charge on any atom is 0.410 e. The summed E-state index contributed by atoms with van der Waals surface area (Å²) in [5, 5.41) is 3.27. The number of hydrogen-bond acceptors (Lipinski definition) is 3. The second-order valence-electron chi connectivity index (χ2n) is 7.14. The quantitative estimate of drug-likeness (QED) is 0.728. The lowest BCUT2D eigenvalue weighted by Crippen LogP contribution is -2.37. The van der Waals surface area contributed by atoms with Gasteiger partial charge in [0.2, 0.25) is 0 Å². The highest BCUT2D eigenvalue weighted by Crippen LogP contribution is 2.49. The standard InChI is InChI=1S/C14H23FN2O2/c1-14(2,3)19-13(18)17-6-10-8-4-16-5-9(8)12(15)11(10)7-17/h8-12,16H,4-7H2,1-3H3. The van der Waals surface area contributed by atoms with Crippen molar-refractivity contribution in [3.63, 3.8) is 0 Å². The third kappa shape index (κ3) is 2.22. The van der Waals surface area contributed by atoms with Gasteiger partial charge in [0.05, 0.1) is 0 Å². The molecule has 5 atom stereocenters. The summed E-state index contributed by atoms with van der Waals surface area (Å²) in [6, 6.07) is 0. The lowest BCUT2D eigenvalue weighted by molar-refractivity contribution is 0.0263. The fraction of sp³-hybridized carbons (Fsp3) is 0.929. The van der Waals surface area contributed by atoms with Crippen molar-refractivity contribution >= 4 is 6.09 Å². The number of alkyl halides is 1. The molecule has 1 aliphatic carbocycles. The normalized spacial score (nSPS) is 41.3. The Bertz CT molecular complexity index is 382. The minimum absolute atomic E-state index is 0.0182. The summed E-state index contributed by atoms with van der Waals surface area (Å²) in [5.41, 5.74) is -0.485. The number of halogens is 1. The maximum atomic E-state index is 14.4. The van der Waals surface area contributed by atoms with Crippen LogP contribution in [0.3, 0.4) is 0 Å². The average molecular weight is 270 g/mol. The van der Waals surface area contributed by atoms with Crippen LogP contribution in [0.25, 0.3) is 0 Å². The number of fused-ring (bicyclic) bond motifs is 3. The van der Waals surface area contributed by atoms with E-state index in [1.54, 1.807) is 4.90 Å². The van der Waals surface area contributed by atoms with Gasteiger partial charge in [-0.25, -0.2) is 9.18 Å². The van der Waals surface area contributed by atoms with Gasteiger partial charge in [-0.05, 0) is 39.2 Å². The number of nitrogens with zero attached hydrogens (tertiary/aromatic N) is 1. The van der Waals surface area contributed by atoms with Crippen LogP contribution in [0.4, 0.5) is 9.18 Å². The Kier molecular flexibility index (Phi) is 3.00. The lowest BCUT2D eigenvalue weighted by Gasteiger charge is -2.26. The van der Waals surface area contributed by atoms with Crippen LogP contribution in [-0.4, -0.2) is 48.9 Å². The maximum absolute atomic E-state index is 14.4. The van der Waals surface area contributed by atoms with Crippen LogP contribution < -0.4 is 5.32 Å². The molecule has 5 heteroatoms. The second-order valence-corrected chi connectivity index (χ2v) is 7.14. The van der Waals surface area contributed by atoms with E-state index in [0.29, 0.717) is 24.9 Å². The molecule has 2 saturated heterocycles. The lowest BCUT2D eigenvalue weighted by atomic mass is 9.91. The van der Waals surface area contributed by atoms with E-state index >= 15 is 0 Å². The number of carbonyl (C=O) groups excluding carboxylic acids is 1. The van der Waals surface area contributed by atoms with Crippen molar-refractivity contribution < 1.29 is 13.9 Å². The summed E-state index contributed by atoms with van der Waals surface area (Å²) < 4.78 is 19.8. The van der Waals surface area contributed by atoms with Crippen molar-refractivity contribution in [1.29, 1.82) is 0 Å². The molecular formula is C14H23FN2O2. The summed E-state index contributed by atoms with van der Waals surface area (Å²) >= 11 is 0. The van der Waals surface area contributed by atoms with Gasteiger partial charge in [0.15, 0.2) is 0 Å². The zero-order valence-corrected chi connectivity index (χ0v) is 11.9. The van der Waals surface area contributed by atoms with Crippen molar-refractivity contribution in [2.45, 2.75) is 32.5 Å². The molecule has 1 amide bonds. The van der Waals surface area contributed by atoms with E-state index in [1.165, 1.54) is 0 Å². The molecule has 108 valence electrons. The number of amides is 1. The molecule has 0 radical (unpaired) electrons. The smallest absolute Gasteiger partial charge is 0.410 e. The number of nitrogens with one attached hydrogen (secondary N) is 1. The fourth-order valence-corrected chi connectivity index (χ4v) is 3.97. The molecule has 1 N–H and O–H groups in total. The molecule has 0 aromatic heterocycles. The molecule has 0 aromatic carbocycles. The summed E-state index contributed by atoms with van der Waals surface area (Å²) in [5.74, 6) is 0.885. The molecule has 5 unspecified atom stereocenters. The van der Waals surface area contributed by atoms with Crippen molar-refractivity contribution in [3.05, 3.63) is 0 Å². The van der Waals surface area contributed by atoms with E-state index in [0.717, 1.165) is 13.1 Å². The molecule has 0 bridgehead atoms. The zero-order chi connectivity index (χ0) is 13.8. The van der Waals surface area contributed by atoms with Crippen LogP contribution in [0.15, 0.2) is 0 Å². The molecule has 0 aromatic rings. The number of rotatable bonds is 0. The van der Waals surface area contributed by atoms with Gasteiger partial charge in [-0.2, -0.15) is 0 Å². The summed E-state index contributed by atoms with van der Waals surface area (Å²) in [7, 11) is 0. The molecular weight excluding hydrogens is 247 g/mol. The molecule has 4 nitrogen and oxygen atoms in total. The van der Waals surface area contributed by atoms with Crippen LogP contribution in [0, 0.1) is 23.7 Å². The summed E-state index contributed by atoms with van der Waals surface area (Å²) in [4.78, 5) is 13.8. The minimum Gasteiger partial charge on any atom is -0.444 e. The number of likely N-dealkylation sites (tertiary alicyclic amines) is 1. The van der Waals surface area contributed by atoms with Crippen molar-refractivity contribution in [2.75, 3.05) is 26.2 Å². The monoisotopic (exact) mass is 270 g/mol. The summed E-state index contributed by atoms with van der Waals surface area (Å²) in [6.45, 7) is 8.44. The predicted molar refractivity (Wildman–Crippen MR) is 69.5 cm³/mol. The van der Waals surface area contributed by atoms with Gasteiger partial charge >= 0.3 is 6.09 Å². The summed E-state index contributed by atoms with van der Waals surface area (Å²) in [6.07, 6.45) is -1.06. The topological polar surface area (TPSA) is 41.6 Å². The third-order valence-corrected chi connectivity index (χ3v) is 4.74. The Morgan fingerprint density at radius 3 is 2.47 bits per heavy atom. The highest BCUT2D eigenvalue weighted by molar-refractivity contribution is 5.68. The van der Waals surface area contributed by atoms with E-state index in [9.17, 15) is 9.18 Å². The SMILES string of the molecule is CC(C)(C)OC(=O)N1CC2C(F)C3CNCC3C2C1. The van der Waals surface area contributed by atoms with E-state index < -0.39 is 11.8 Å². The fourth-order valence-electron chi connectivity index (χ4n) is 3.97. The predicted octanol–water partition coefficient (Wildman–Crippen LogP) is 1.66. The van der Waals surface area contributed by atoms with E-state index in [1.807, 2.05) is 20.8 Å². The minimum atomic E-state index is -0.766. The number of ether oxygens (including phenoxy) is 1.